The van der Waals surface area contributed by atoms with Crippen molar-refractivity contribution in [1.82, 2.24) is 0 Å². The number of benzene rings is 3. The van der Waals surface area contributed by atoms with E-state index in [1.807, 2.05) is 48.5 Å². The summed E-state index contributed by atoms with van der Waals surface area (Å²) in [6, 6.07) is 19.3. The minimum Gasteiger partial charge on any atom is -0.507 e. The van der Waals surface area contributed by atoms with Gasteiger partial charge in [0.05, 0.1) is 5.92 Å². The Morgan fingerprint density at radius 2 is 1.45 bits per heavy atom. The third kappa shape index (κ3) is 4.46. The maximum Gasteiger partial charge on any atom is 0.204 e. The Labute approximate surface area is 204 Å². The molecule has 0 aromatic heterocycles. The topological polar surface area (TPSA) is 46.5 Å². The normalized spacial score (nSPS) is 18.0. The van der Waals surface area contributed by atoms with Crippen LogP contribution in [-0.4, -0.2) is 17.0 Å². The van der Waals surface area contributed by atoms with Gasteiger partial charge >= 0.3 is 0 Å². The number of hydrogen-bond donors (Lipinski definition) is 1. The van der Waals surface area contributed by atoms with Crippen LogP contribution in [0.2, 0.25) is 0 Å². The quantitative estimate of drug-likeness (QED) is 0.373. The summed E-state index contributed by atoms with van der Waals surface area (Å²) < 4.78 is 7.23. The van der Waals surface area contributed by atoms with Gasteiger partial charge in [-0.25, -0.2) is 0 Å². The van der Waals surface area contributed by atoms with Gasteiger partial charge in [0.15, 0.2) is 6.10 Å². The molecular formula is C29H31BrO3. The maximum atomic E-state index is 13.6. The predicted molar refractivity (Wildman–Crippen MR) is 137 cm³/mol. The second-order valence-corrected chi connectivity index (χ2v) is 11.8. The fourth-order valence-electron chi connectivity index (χ4n) is 4.54. The van der Waals surface area contributed by atoms with Crippen molar-refractivity contribution >= 4 is 21.7 Å². The molecule has 0 aliphatic carbocycles. The molecule has 2 atom stereocenters. The van der Waals surface area contributed by atoms with E-state index < -0.39 is 6.10 Å². The highest BCUT2D eigenvalue weighted by Gasteiger charge is 2.42. The Balaban J connectivity index is 1.95. The lowest BCUT2D eigenvalue weighted by atomic mass is 9.75. The largest absolute Gasteiger partial charge is 0.507 e. The van der Waals surface area contributed by atoms with Crippen LogP contribution in [-0.2, 0) is 10.8 Å². The van der Waals surface area contributed by atoms with Crippen molar-refractivity contribution in [2.24, 2.45) is 0 Å². The number of carbonyl (C=O) groups is 1. The molecule has 0 fully saturated rings. The lowest BCUT2D eigenvalue weighted by Crippen LogP contribution is -2.30. The van der Waals surface area contributed by atoms with Crippen molar-refractivity contribution < 1.29 is 14.6 Å². The molecule has 1 aliphatic rings. The van der Waals surface area contributed by atoms with E-state index in [-0.39, 0.29) is 22.5 Å². The number of ketones is 1. The molecule has 1 heterocycles. The molecule has 33 heavy (non-hydrogen) atoms. The highest BCUT2D eigenvalue weighted by Crippen LogP contribution is 2.48. The van der Waals surface area contributed by atoms with Crippen LogP contribution in [0.5, 0.6) is 11.5 Å². The zero-order valence-corrected chi connectivity index (χ0v) is 21.7. The zero-order chi connectivity index (χ0) is 24.1. The van der Waals surface area contributed by atoms with Gasteiger partial charge in [-0.15, -0.1) is 0 Å². The molecule has 1 aliphatic heterocycles. The molecule has 172 valence electrons. The second kappa shape index (κ2) is 8.32. The molecule has 0 unspecified atom stereocenters. The van der Waals surface area contributed by atoms with Crippen LogP contribution in [0.1, 0.15) is 80.1 Å². The van der Waals surface area contributed by atoms with Crippen LogP contribution in [0.25, 0.3) is 0 Å². The van der Waals surface area contributed by atoms with E-state index in [0.717, 1.165) is 32.5 Å². The van der Waals surface area contributed by atoms with Crippen LogP contribution in [0.4, 0.5) is 0 Å². The Hall–Kier alpha value is -2.59. The van der Waals surface area contributed by atoms with Crippen LogP contribution < -0.4 is 4.74 Å². The summed E-state index contributed by atoms with van der Waals surface area (Å²) in [6.45, 7) is 12.6. The van der Waals surface area contributed by atoms with E-state index in [4.69, 9.17) is 4.74 Å². The van der Waals surface area contributed by atoms with Crippen molar-refractivity contribution in [3.05, 3.63) is 93.0 Å². The van der Waals surface area contributed by atoms with E-state index in [0.29, 0.717) is 11.3 Å². The smallest absolute Gasteiger partial charge is 0.204 e. The van der Waals surface area contributed by atoms with E-state index in [1.165, 1.54) is 0 Å². The molecule has 4 rings (SSSR count). The van der Waals surface area contributed by atoms with E-state index >= 15 is 0 Å². The van der Waals surface area contributed by atoms with Crippen LogP contribution >= 0.6 is 15.9 Å². The van der Waals surface area contributed by atoms with Gasteiger partial charge < -0.3 is 9.84 Å². The molecule has 0 saturated heterocycles. The molecule has 3 aromatic carbocycles. The van der Waals surface area contributed by atoms with Crippen LogP contribution in [0.15, 0.2) is 65.1 Å². The number of ether oxygens (including phenoxy) is 1. The van der Waals surface area contributed by atoms with Gasteiger partial charge in [0.2, 0.25) is 5.78 Å². The highest BCUT2D eigenvalue weighted by molar-refractivity contribution is 9.10. The second-order valence-electron chi connectivity index (χ2n) is 10.9. The number of phenolic OH excluding ortho intramolecular Hbond substituents is 1. The standard InChI is InChI=1S/C29H31BrO3/c1-28(2,3)21-14-18(15-22(26(21)32)29(4,5)6)24-20-16-19(30)12-13-23(20)33-27(24)25(31)17-10-8-7-9-11-17/h7-16,24,27,32H,1-6H3/t24-,27-/m0/s1. The van der Waals surface area contributed by atoms with Crippen molar-refractivity contribution in [3.63, 3.8) is 0 Å². The van der Waals surface area contributed by atoms with Crippen molar-refractivity contribution in [2.45, 2.75) is 64.4 Å². The van der Waals surface area contributed by atoms with Gasteiger partial charge in [0, 0.05) is 15.6 Å². The van der Waals surface area contributed by atoms with Gasteiger partial charge in [-0.3, -0.25) is 4.79 Å². The molecule has 3 aromatic rings. The van der Waals surface area contributed by atoms with Crippen molar-refractivity contribution in [1.29, 1.82) is 0 Å². The summed E-state index contributed by atoms with van der Waals surface area (Å²) in [4.78, 5) is 13.6. The molecule has 0 bridgehead atoms. The van der Waals surface area contributed by atoms with Crippen LogP contribution in [0, 0.1) is 0 Å². The number of aromatic hydroxyl groups is 1. The van der Waals surface area contributed by atoms with Gasteiger partial charge in [0.25, 0.3) is 0 Å². The summed E-state index contributed by atoms with van der Waals surface area (Å²) in [5.74, 6) is 0.724. The average Bonchev–Trinajstić information content (AvgIpc) is 3.11. The molecule has 0 spiro atoms. The number of fused-ring (bicyclic) bond motifs is 1. The lowest BCUT2D eigenvalue weighted by molar-refractivity contribution is 0.0806. The minimum atomic E-state index is -0.679. The average molecular weight is 507 g/mol. The first-order chi connectivity index (χ1) is 15.4. The first kappa shape index (κ1) is 23.6. The summed E-state index contributed by atoms with van der Waals surface area (Å²) in [6.07, 6.45) is -0.679. The molecular weight excluding hydrogens is 476 g/mol. The number of phenols is 1. The molecule has 0 saturated carbocycles. The summed E-state index contributed by atoms with van der Waals surface area (Å²) in [5, 5.41) is 11.2. The van der Waals surface area contributed by atoms with Crippen molar-refractivity contribution in [3.8, 4) is 11.5 Å². The number of carbonyl (C=O) groups excluding carboxylic acids is 1. The molecule has 0 amide bonds. The number of halogens is 1. The van der Waals surface area contributed by atoms with E-state index in [1.54, 1.807) is 0 Å². The summed E-state index contributed by atoms with van der Waals surface area (Å²) >= 11 is 3.59. The van der Waals surface area contributed by atoms with Gasteiger partial charge in [-0.05, 0) is 45.7 Å². The van der Waals surface area contributed by atoms with Gasteiger partial charge in [-0.1, -0.05) is 99.9 Å². The number of Topliss-reactive ketones (excluding diaryl/α,β-unsaturated/α-hetero) is 1. The molecule has 1 N–H and O–H groups in total. The Kier molecular flexibility index (Phi) is 5.94. The fourth-order valence-corrected chi connectivity index (χ4v) is 4.92. The third-order valence-corrected chi connectivity index (χ3v) is 6.78. The first-order valence-electron chi connectivity index (χ1n) is 11.3. The summed E-state index contributed by atoms with van der Waals surface area (Å²) in [7, 11) is 0. The van der Waals surface area contributed by atoms with E-state index in [9.17, 15) is 9.90 Å². The Morgan fingerprint density at radius 3 is 2.00 bits per heavy atom. The molecule has 4 heteroatoms. The Morgan fingerprint density at radius 1 is 0.879 bits per heavy atom. The van der Waals surface area contributed by atoms with Gasteiger partial charge in [0.1, 0.15) is 11.5 Å². The predicted octanol–water partition coefficient (Wildman–Crippen LogP) is 7.53. The SMILES string of the molecule is CC(C)(C)c1cc([C@H]2c3cc(Br)ccc3O[C@@H]2C(=O)c2ccccc2)cc(C(C)(C)C)c1O. The minimum absolute atomic E-state index is 0.0457. The fraction of sp³-hybridized carbons (Fsp3) is 0.345. The van der Waals surface area contributed by atoms with Crippen molar-refractivity contribution in [2.75, 3.05) is 0 Å². The van der Waals surface area contributed by atoms with Gasteiger partial charge in [-0.2, -0.15) is 0 Å². The molecule has 0 radical (unpaired) electrons. The lowest BCUT2D eigenvalue weighted by Gasteiger charge is -2.30. The highest BCUT2D eigenvalue weighted by atomic mass is 79.9. The summed E-state index contributed by atoms with van der Waals surface area (Å²) in [5.41, 5.74) is 3.80. The zero-order valence-electron chi connectivity index (χ0n) is 20.1. The number of hydrogen-bond acceptors (Lipinski definition) is 3. The van der Waals surface area contributed by atoms with Crippen LogP contribution in [0.3, 0.4) is 0 Å². The monoisotopic (exact) mass is 506 g/mol. The molecule has 3 nitrogen and oxygen atoms in total. The third-order valence-electron chi connectivity index (χ3n) is 6.29. The van der Waals surface area contributed by atoms with E-state index in [2.05, 4.69) is 69.6 Å². The first-order valence-corrected chi connectivity index (χ1v) is 12.1. The number of rotatable bonds is 3. The maximum absolute atomic E-state index is 13.6. The Bertz CT molecular complexity index is 1160.